The summed E-state index contributed by atoms with van der Waals surface area (Å²) >= 11 is 5.84. The predicted octanol–water partition coefficient (Wildman–Crippen LogP) is 4.29. The van der Waals surface area contributed by atoms with Gasteiger partial charge in [0.1, 0.15) is 5.75 Å². The van der Waals surface area contributed by atoms with Crippen molar-refractivity contribution in [3.05, 3.63) is 58.1 Å². The van der Waals surface area contributed by atoms with Gasteiger partial charge in [-0.2, -0.15) is 0 Å². The standard InChI is InChI=1S/C19H20ClNO3/c1-3-13-6-5-7-14(4-2)19(13)21-18(23)12-24-17-9-8-16(20)10-15(17)11-22/h5-11H,3-4,12H2,1-2H3,(H,21,23). The summed E-state index contributed by atoms with van der Waals surface area (Å²) in [5.74, 6) is 0.0708. The van der Waals surface area contributed by atoms with E-state index < -0.39 is 0 Å². The number of carbonyl (C=O) groups is 2. The number of ether oxygens (including phenoxy) is 1. The zero-order valence-corrected chi connectivity index (χ0v) is 14.5. The van der Waals surface area contributed by atoms with Crippen molar-refractivity contribution >= 4 is 29.5 Å². The first-order valence-corrected chi connectivity index (χ1v) is 8.25. The number of carbonyl (C=O) groups excluding carboxylic acids is 2. The van der Waals surface area contributed by atoms with Gasteiger partial charge in [-0.05, 0) is 42.2 Å². The van der Waals surface area contributed by atoms with Crippen molar-refractivity contribution < 1.29 is 14.3 Å². The number of hydrogen-bond donors (Lipinski definition) is 1. The minimum Gasteiger partial charge on any atom is -0.483 e. The molecule has 0 bridgehead atoms. The fourth-order valence-electron chi connectivity index (χ4n) is 2.46. The highest BCUT2D eigenvalue weighted by molar-refractivity contribution is 6.30. The maximum atomic E-state index is 12.2. The fourth-order valence-corrected chi connectivity index (χ4v) is 2.65. The Balaban J connectivity index is 2.08. The highest BCUT2D eigenvalue weighted by Crippen LogP contribution is 2.23. The minimum absolute atomic E-state index is 0.177. The van der Waals surface area contributed by atoms with Crippen LogP contribution in [-0.4, -0.2) is 18.8 Å². The van der Waals surface area contributed by atoms with Gasteiger partial charge in [0.2, 0.25) is 0 Å². The lowest BCUT2D eigenvalue weighted by molar-refractivity contribution is -0.118. The third-order valence-electron chi connectivity index (χ3n) is 3.72. The first-order chi connectivity index (χ1) is 11.6. The van der Waals surface area contributed by atoms with Gasteiger partial charge in [-0.1, -0.05) is 43.6 Å². The van der Waals surface area contributed by atoms with Gasteiger partial charge in [-0.15, -0.1) is 0 Å². The summed E-state index contributed by atoms with van der Waals surface area (Å²) in [6.45, 7) is 3.92. The molecular weight excluding hydrogens is 326 g/mol. The van der Waals surface area contributed by atoms with Crippen molar-refractivity contribution in [3.8, 4) is 5.75 Å². The van der Waals surface area contributed by atoms with Crippen LogP contribution >= 0.6 is 11.6 Å². The van der Waals surface area contributed by atoms with E-state index in [4.69, 9.17) is 16.3 Å². The van der Waals surface area contributed by atoms with Gasteiger partial charge in [0.25, 0.3) is 5.91 Å². The smallest absolute Gasteiger partial charge is 0.262 e. The molecule has 0 spiro atoms. The van der Waals surface area contributed by atoms with Crippen molar-refractivity contribution in [1.29, 1.82) is 0 Å². The lowest BCUT2D eigenvalue weighted by atomic mass is 10.0. The molecular formula is C19H20ClNO3. The highest BCUT2D eigenvalue weighted by atomic mass is 35.5. The molecule has 4 nitrogen and oxygen atoms in total. The van der Waals surface area contributed by atoms with Gasteiger partial charge >= 0.3 is 0 Å². The van der Waals surface area contributed by atoms with Gasteiger partial charge < -0.3 is 10.1 Å². The average molecular weight is 346 g/mol. The Morgan fingerprint density at radius 3 is 2.42 bits per heavy atom. The summed E-state index contributed by atoms with van der Waals surface area (Å²) in [6, 6.07) is 10.7. The molecule has 2 rings (SSSR count). The largest absolute Gasteiger partial charge is 0.483 e. The van der Waals surface area contributed by atoms with E-state index in [9.17, 15) is 9.59 Å². The van der Waals surface area contributed by atoms with Crippen LogP contribution in [0.2, 0.25) is 5.02 Å². The van der Waals surface area contributed by atoms with Crippen LogP contribution in [0, 0.1) is 0 Å². The Labute approximate surface area is 146 Å². The SMILES string of the molecule is CCc1cccc(CC)c1NC(=O)COc1ccc(Cl)cc1C=O. The van der Waals surface area contributed by atoms with Crippen molar-refractivity contribution in [1.82, 2.24) is 0 Å². The van der Waals surface area contributed by atoms with E-state index in [1.165, 1.54) is 6.07 Å². The first kappa shape index (κ1) is 18.0. The second kappa shape index (κ2) is 8.50. The molecule has 0 heterocycles. The van der Waals surface area contributed by atoms with Gasteiger partial charge in [-0.25, -0.2) is 0 Å². The summed E-state index contributed by atoms with van der Waals surface area (Å²) in [4.78, 5) is 23.3. The van der Waals surface area contributed by atoms with Crippen LogP contribution in [0.4, 0.5) is 5.69 Å². The molecule has 5 heteroatoms. The Bertz CT molecular complexity index is 721. The van der Waals surface area contributed by atoms with E-state index >= 15 is 0 Å². The molecule has 0 fully saturated rings. The van der Waals surface area contributed by atoms with Crippen molar-refractivity contribution in [3.63, 3.8) is 0 Å². The van der Waals surface area contributed by atoms with Crippen LogP contribution in [0.5, 0.6) is 5.75 Å². The molecule has 0 aliphatic heterocycles. The fraction of sp³-hybridized carbons (Fsp3) is 0.263. The van der Waals surface area contributed by atoms with Crippen molar-refractivity contribution in [2.45, 2.75) is 26.7 Å². The number of para-hydroxylation sites is 1. The van der Waals surface area contributed by atoms with Gasteiger partial charge in [0, 0.05) is 10.7 Å². The summed E-state index contributed by atoms with van der Waals surface area (Å²) in [5, 5.41) is 3.36. The average Bonchev–Trinajstić information content (AvgIpc) is 2.60. The summed E-state index contributed by atoms with van der Waals surface area (Å²) in [5.41, 5.74) is 3.34. The van der Waals surface area contributed by atoms with Gasteiger partial charge in [-0.3, -0.25) is 9.59 Å². The van der Waals surface area contributed by atoms with E-state index in [1.54, 1.807) is 12.1 Å². The maximum absolute atomic E-state index is 12.2. The predicted molar refractivity (Wildman–Crippen MR) is 96.2 cm³/mol. The van der Waals surface area contributed by atoms with Crippen molar-refractivity contribution in [2.75, 3.05) is 11.9 Å². The van der Waals surface area contributed by atoms with E-state index in [-0.39, 0.29) is 12.5 Å². The molecule has 24 heavy (non-hydrogen) atoms. The van der Waals surface area contributed by atoms with Crippen molar-refractivity contribution in [2.24, 2.45) is 0 Å². The van der Waals surface area contributed by atoms with Crippen LogP contribution in [-0.2, 0) is 17.6 Å². The molecule has 0 aromatic heterocycles. The zero-order chi connectivity index (χ0) is 17.5. The number of rotatable bonds is 7. The Hall–Kier alpha value is -2.33. The van der Waals surface area contributed by atoms with Crippen LogP contribution in [0.3, 0.4) is 0 Å². The molecule has 0 atom stereocenters. The van der Waals surface area contributed by atoms with E-state index in [2.05, 4.69) is 5.32 Å². The Morgan fingerprint density at radius 1 is 1.17 bits per heavy atom. The molecule has 1 amide bonds. The second-order valence-corrected chi connectivity index (χ2v) is 5.73. The monoisotopic (exact) mass is 345 g/mol. The van der Waals surface area contributed by atoms with Crippen LogP contribution in [0.1, 0.15) is 35.3 Å². The molecule has 0 saturated carbocycles. The zero-order valence-electron chi connectivity index (χ0n) is 13.8. The Kier molecular flexibility index (Phi) is 6.38. The van der Waals surface area contributed by atoms with Crippen LogP contribution < -0.4 is 10.1 Å². The van der Waals surface area contributed by atoms with Crippen LogP contribution in [0.15, 0.2) is 36.4 Å². The number of nitrogens with one attached hydrogen (secondary N) is 1. The molecule has 1 N–H and O–H groups in total. The molecule has 126 valence electrons. The summed E-state index contributed by atoms with van der Waals surface area (Å²) < 4.78 is 5.46. The minimum atomic E-state index is -0.266. The normalized spacial score (nSPS) is 10.3. The third kappa shape index (κ3) is 4.36. The first-order valence-electron chi connectivity index (χ1n) is 7.87. The quantitative estimate of drug-likeness (QED) is 0.761. The van der Waals surface area contributed by atoms with Gasteiger partial charge in [0.15, 0.2) is 12.9 Å². The Morgan fingerprint density at radius 2 is 1.83 bits per heavy atom. The number of benzene rings is 2. The number of hydrogen-bond acceptors (Lipinski definition) is 3. The lowest BCUT2D eigenvalue weighted by Gasteiger charge is -2.15. The molecule has 0 aliphatic carbocycles. The molecule has 0 unspecified atom stereocenters. The number of amides is 1. The summed E-state index contributed by atoms with van der Waals surface area (Å²) in [7, 11) is 0. The molecule has 2 aromatic carbocycles. The van der Waals surface area contributed by atoms with E-state index in [0.717, 1.165) is 29.7 Å². The second-order valence-electron chi connectivity index (χ2n) is 5.30. The molecule has 0 aliphatic rings. The van der Waals surface area contributed by atoms with Gasteiger partial charge in [0.05, 0.1) is 5.56 Å². The number of aldehydes is 1. The molecule has 0 saturated heterocycles. The third-order valence-corrected chi connectivity index (χ3v) is 3.96. The number of anilines is 1. The topological polar surface area (TPSA) is 55.4 Å². The van der Waals surface area contributed by atoms with E-state index in [0.29, 0.717) is 22.6 Å². The van der Waals surface area contributed by atoms with E-state index in [1.807, 2.05) is 32.0 Å². The summed E-state index contributed by atoms with van der Waals surface area (Å²) in [6.07, 6.45) is 2.31. The number of halogens is 1. The highest BCUT2D eigenvalue weighted by Gasteiger charge is 2.12. The maximum Gasteiger partial charge on any atom is 0.262 e. The lowest BCUT2D eigenvalue weighted by Crippen LogP contribution is -2.22. The van der Waals surface area contributed by atoms with Crippen LogP contribution in [0.25, 0.3) is 0 Å². The molecule has 2 aromatic rings. The number of aryl methyl sites for hydroxylation is 2. The molecule has 0 radical (unpaired) electrons.